The van der Waals surface area contributed by atoms with Crippen LogP contribution < -0.4 is 10.2 Å². The fraction of sp³-hybridized carbons (Fsp3) is 0.350. The van der Waals surface area contributed by atoms with E-state index in [0.717, 1.165) is 41.0 Å². The van der Waals surface area contributed by atoms with Gasteiger partial charge in [-0.2, -0.15) is 0 Å². The largest absolute Gasteiger partial charge is 0.346 e. The maximum atomic E-state index is 13.0. The fourth-order valence-corrected chi connectivity index (χ4v) is 4.54. The number of amides is 1. The van der Waals surface area contributed by atoms with Crippen molar-refractivity contribution in [2.75, 3.05) is 23.3 Å². The highest BCUT2D eigenvalue weighted by Gasteiger charge is 2.28. The maximum Gasteiger partial charge on any atom is 0.229 e. The molecule has 0 aliphatic carbocycles. The summed E-state index contributed by atoms with van der Waals surface area (Å²) in [6.07, 6.45) is 1.74. The molecule has 6 nitrogen and oxygen atoms in total. The van der Waals surface area contributed by atoms with Gasteiger partial charge < -0.3 is 10.2 Å². The molecule has 1 aliphatic rings. The summed E-state index contributed by atoms with van der Waals surface area (Å²) >= 11 is 1.54. The predicted molar refractivity (Wildman–Crippen MR) is 109 cm³/mol. The molecule has 3 heterocycles. The number of rotatable bonds is 4. The van der Waals surface area contributed by atoms with Gasteiger partial charge in [-0.1, -0.05) is 11.3 Å². The second kappa shape index (κ2) is 7.71. The number of piperidine rings is 1. The Labute approximate surface area is 167 Å². The first-order valence-electron chi connectivity index (χ1n) is 9.31. The van der Waals surface area contributed by atoms with Crippen molar-refractivity contribution in [3.05, 3.63) is 53.6 Å². The molecule has 0 spiro atoms. The summed E-state index contributed by atoms with van der Waals surface area (Å²) in [5, 5.41) is 13.3. The van der Waals surface area contributed by atoms with Crippen LogP contribution in [-0.4, -0.2) is 33.8 Å². The molecular weight excluding hydrogens is 377 g/mol. The van der Waals surface area contributed by atoms with Crippen molar-refractivity contribution in [1.29, 1.82) is 0 Å². The molecule has 1 atom stereocenters. The highest BCUT2D eigenvalue weighted by atomic mass is 32.1. The quantitative estimate of drug-likeness (QED) is 0.722. The Balaban J connectivity index is 1.45. The van der Waals surface area contributed by atoms with Crippen molar-refractivity contribution in [3.63, 3.8) is 0 Å². The van der Waals surface area contributed by atoms with Crippen LogP contribution in [0, 0.1) is 25.6 Å². The number of aryl methyl sites for hydroxylation is 2. The minimum absolute atomic E-state index is 0.0434. The molecule has 8 heteroatoms. The number of benzene rings is 1. The number of nitrogens with zero attached hydrogens (tertiary/aromatic N) is 4. The summed E-state index contributed by atoms with van der Waals surface area (Å²) in [6.45, 7) is 5.56. The van der Waals surface area contributed by atoms with E-state index in [2.05, 4.69) is 37.1 Å². The van der Waals surface area contributed by atoms with Gasteiger partial charge in [-0.3, -0.25) is 9.36 Å². The average molecular weight is 399 g/mol. The van der Waals surface area contributed by atoms with Gasteiger partial charge in [0.1, 0.15) is 5.82 Å². The second-order valence-electron chi connectivity index (χ2n) is 7.10. The first-order valence-corrected chi connectivity index (χ1v) is 10.1. The van der Waals surface area contributed by atoms with Crippen LogP contribution in [0.1, 0.15) is 24.2 Å². The fourth-order valence-electron chi connectivity index (χ4n) is 3.54. The van der Waals surface area contributed by atoms with Crippen molar-refractivity contribution >= 4 is 28.1 Å². The topological polar surface area (TPSA) is 63.1 Å². The first kappa shape index (κ1) is 18.6. The van der Waals surface area contributed by atoms with E-state index in [0.29, 0.717) is 12.2 Å². The number of nitrogens with one attached hydrogen (secondary N) is 1. The molecule has 1 N–H and O–H groups in total. The molecule has 1 fully saturated rings. The van der Waals surface area contributed by atoms with Crippen molar-refractivity contribution in [2.45, 2.75) is 26.7 Å². The summed E-state index contributed by atoms with van der Waals surface area (Å²) in [7, 11) is 0. The van der Waals surface area contributed by atoms with Crippen LogP contribution in [0.2, 0.25) is 0 Å². The lowest BCUT2D eigenvalue weighted by atomic mass is 9.97. The number of hydrogen-bond acceptors (Lipinski definition) is 5. The number of aromatic nitrogens is 3. The molecule has 0 saturated carbocycles. The molecule has 3 aromatic rings. The smallest absolute Gasteiger partial charge is 0.229 e. The maximum absolute atomic E-state index is 13.0. The number of hydrogen-bond donors (Lipinski definition) is 1. The Kier molecular flexibility index (Phi) is 5.13. The molecular formula is C20H22FN5OS. The number of carbonyl (C=O) groups excluding carboxylic acids is 1. The molecule has 28 heavy (non-hydrogen) atoms. The molecule has 1 aliphatic heterocycles. The molecule has 0 radical (unpaired) electrons. The predicted octanol–water partition coefficient (Wildman–Crippen LogP) is 3.94. The van der Waals surface area contributed by atoms with E-state index >= 15 is 0 Å². The summed E-state index contributed by atoms with van der Waals surface area (Å²) in [4.78, 5) is 14.8. The molecule has 0 bridgehead atoms. The SMILES string of the molecule is Cc1ccc(C)n1-c1nnc(N2CCC[C@H](C(=O)Nc3ccc(F)cc3)C2)s1. The van der Waals surface area contributed by atoms with Crippen LogP contribution in [0.5, 0.6) is 0 Å². The Morgan fingerprint density at radius 3 is 2.50 bits per heavy atom. The highest BCUT2D eigenvalue weighted by molar-refractivity contribution is 7.17. The summed E-state index contributed by atoms with van der Waals surface area (Å²) in [5.74, 6) is -0.499. The number of halogens is 1. The number of carbonyl (C=O) groups is 1. The molecule has 1 saturated heterocycles. The zero-order valence-electron chi connectivity index (χ0n) is 15.9. The van der Waals surface area contributed by atoms with E-state index in [1.165, 1.54) is 23.5 Å². The zero-order valence-corrected chi connectivity index (χ0v) is 16.7. The Morgan fingerprint density at radius 2 is 1.79 bits per heavy atom. The van der Waals surface area contributed by atoms with Crippen molar-refractivity contribution in [1.82, 2.24) is 14.8 Å². The molecule has 1 aromatic carbocycles. The number of anilines is 2. The Hall–Kier alpha value is -2.74. The lowest BCUT2D eigenvalue weighted by Crippen LogP contribution is -2.40. The van der Waals surface area contributed by atoms with Crippen LogP contribution in [0.25, 0.3) is 5.13 Å². The van der Waals surface area contributed by atoms with Gasteiger partial charge in [0.05, 0.1) is 5.92 Å². The van der Waals surface area contributed by atoms with E-state index in [-0.39, 0.29) is 17.6 Å². The van der Waals surface area contributed by atoms with Gasteiger partial charge in [0.2, 0.25) is 16.2 Å². The van der Waals surface area contributed by atoms with E-state index in [4.69, 9.17) is 0 Å². The van der Waals surface area contributed by atoms with E-state index < -0.39 is 0 Å². The average Bonchev–Trinajstić information content (AvgIpc) is 3.30. The first-order chi connectivity index (χ1) is 13.5. The minimum Gasteiger partial charge on any atom is -0.346 e. The lowest BCUT2D eigenvalue weighted by molar-refractivity contribution is -0.120. The lowest BCUT2D eigenvalue weighted by Gasteiger charge is -2.31. The Morgan fingerprint density at radius 1 is 1.11 bits per heavy atom. The van der Waals surface area contributed by atoms with Crippen LogP contribution >= 0.6 is 11.3 Å². The van der Waals surface area contributed by atoms with Crippen molar-refractivity contribution in [3.8, 4) is 5.13 Å². The second-order valence-corrected chi connectivity index (χ2v) is 8.03. The van der Waals surface area contributed by atoms with Gasteiger partial charge in [0.15, 0.2) is 0 Å². The molecule has 0 unspecified atom stereocenters. The molecule has 4 rings (SSSR count). The highest BCUT2D eigenvalue weighted by Crippen LogP contribution is 2.29. The third-order valence-corrected chi connectivity index (χ3v) is 6.01. The third kappa shape index (κ3) is 3.77. The standard InChI is InChI=1S/C20H22FN5OS/c1-13-5-6-14(2)26(13)20-24-23-19(28-20)25-11-3-4-15(12-25)18(27)22-17-9-7-16(21)8-10-17/h5-10,15H,3-4,11-12H2,1-2H3,(H,22,27)/t15-/m0/s1. The van der Waals surface area contributed by atoms with Gasteiger partial charge >= 0.3 is 0 Å². The summed E-state index contributed by atoms with van der Waals surface area (Å²) < 4.78 is 15.1. The summed E-state index contributed by atoms with van der Waals surface area (Å²) in [5.41, 5.74) is 2.85. The van der Waals surface area contributed by atoms with E-state index in [1.807, 2.05) is 13.8 Å². The molecule has 2 aromatic heterocycles. The van der Waals surface area contributed by atoms with Crippen LogP contribution in [0.4, 0.5) is 15.2 Å². The van der Waals surface area contributed by atoms with Crippen molar-refractivity contribution in [2.24, 2.45) is 5.92 Å². The Bertz CT molecular complexity index is 961. The van der Waals surface area contributed by atoms with Crippen LogP contribution in [0.15, 0.2) is 36.4 Å². The van der Waals surface area contributed by atoms with Crippen LogP contribution in [0.3, 0.4) is 0 Å². The van der Waals surface area contributed by atoms with Crippen molar-refractivity contribution < 1.29 is 9.18 Å². The summed E-state index contributed by atoms with van der Waals surface area (Å²) in [6, 6.07) is 9.97. The van der Waals surface area contributed by atoms with Crippen LogP contribution in [-0.2, 0) is 4.79 Å². The minimum atomic E-state index is -0.318. The van der Waals surface area contributed by atoms with E-state index in [1.54, 1.807) is 12.1 Å². The van der Waals surface area contributed by atoms with Gasteiger partial charge in [0, 0.05) is 30.2 Å². The molecule has 1 amide bonds. The van der Waals surface area contributed by atoms with Gasteiger partial charge in [-0.15, -0.1) is 10.2 Å². The third-order valence-electron chi connectivity index (χ3n) is 5.04. The normalized spacial score (nSPS) is 17.0. The van der Waals surface area contributed by atoms with Gasteiger partial charge in [-0.05, 0) is 63.1 Å². The van der Waals surface area contributed by atoms with Gasteiger partial charge in [0.25, 0.3) is 0 Å². The zero-order chi connectivity index (χ0) is 19.7. The monoisotopic (exact) mass is 399 g/mol. The van der Waals surface area contributed by atoms with E-state index in [9.17, 15) is 9.18 Å². The molecule has 146 valence electrons. The van der Waals surface area contributed by atoms with Gasteiger partial charge in [-0.25, -0.2) is 4.39 Å².